The highest BCUT2D eigenvalue weighted by Gasteiger charge is 2.34. The van der Waals surface area contributed by atoms with Crippen LogP contribution in [0.15, 0.2) is 18.3 Å². The number of nitrogens with two attached hydrogens (primary N) is 1. The average molecular weight is 246 g/mol. The Morgan fingerprint density at radius 2 is 2.22 bits per heavy atom. The molecule has 1 aromatic rings. The van der Waals surface area contributed by atoms with Crippen molar-refractivity contribution in [2.75, 3.05) is 18.8 Å². The van der Waals surface area contributed by atoms with E-state index in [1.807, 2.05) is 0 Å². The number of nitrogens with zero attached hydrogens (tertiary/aromatic N) is 2. The second-order valence-electron chi connectivity index (χ2n) is 5.16. The molecule has 2 aliphatic rings. The molecule has 18 heavy (non-hydrogen) atoms. The van der Waals surface area contributed by atoms with E-state index in [1.54, 1.807) is 12.1 Å². The van der Waals surface area contributed by atoms with Crippen LogP contribution in [-0.4, -0.2) is 41.0 Å². The smallest absolute Gasteiger partial charge is 0.253 e. The molecule has 1 aromatic heterocycles. The number of anilines is 1. The first-order valence-corrected chi connectivity index (χ1v) is 6.49. The quantitative estimate of drug-likeness (QED) is 0.820. The minimum atomic E-state index is -0.0508. The third-order valence-electron chi connectivity index (χ3n) is 3.67. The predicted molar refractivity (Wildman–Crippen MR) is 69.1 cm³/mol. The number of pyridine rings is 1. The van der Waals surface area contributed by atoms with Gasteiger partial charge in [0.05, 0.1) is 5.56 Å². The van der Waals surface area contributed by atoms with Gasteiger partial charge in [-0.3, -0.25) is 9.69 Å². The Bertz CT molecular complexity index is 441. The summed E-state index contributed by atoms with van der Waals surface area (Å²) in [4.78, 5) is 18.4. The molecular weight excluding hydrogens is 228 g/mol. The summed E-state index contributed by atoms with van der Waals surface area (Å²) in [6, 6.07) is 4.42. The van der Waals surface area contributed by atoms with Crippen LogP contribution in [-0.2, 0) is 0 Å². The molecule has 0 bridgehead atoms. The summed E-state index contributed by atoms with van der Waals surface area (Å²) in [5.74, 6) is 0.387. The maximum absolute atomic E-state index is 12.0. The molecule has 1 aliphatic carbocycles. The van der Waals surface area contributed by atoms with Gasteiger partial charge < -0.3 is 11.1 Å². The van der Waals surface area contributed by atoms with E-state index in [0.29, 0.717) is 11.4 Å². The van der Waals surface area contributed by atoms with Crippen LogP contribution in [0.4, 0.5) is 5.82 Å². The van der Waals surface area contributed by atoms with Crippen LogP contribution in [0, 0.1) is 0 Å². The molecule has 5 nitrogen and oxygen atoms in total. The first-order valence-electron chi connectivity index (χ1n) is 6.49. The number of nitrogen functional groups attached to an aromatic ring is 1. The van der Waals surface area contributed by atoms with E-state index in [2.05, 4.69) is 15.2 Å². The van der Waals surface area contributed by atoms with Crippen molar-refractivity contribution in [2.45, 2.75) is 31.3 Å². The SMILES string of the molecule is Nc1ccc(C(=O)NC2CCN(C3CC3)C2)cn1. The zero-order chi connectivity index (χ0) is 12.5. The zero-order valence-electron chi connectivity index (χ0n) is 10.3. The summed E-state index contributed by atoms with van der Waals surface area (Å²) < 4.78 is 0. The fourth-order valence-electron chi connectivity index (χ4n) is 2.48. The number of carbonyl (C=O) groups excluding carboxylic acids is 1. The lowest BCUT2D eigenvalue weighted by atomic mass is 10.2. The summed E-state index contributed by atoms with van der Waals surface area (Å²) in [7, 11) is 0. The first kappa shape index (κ1) is 11.5. The van der Waals surface area contributed by atoms with Gasteiger partial charge in [0.2, 0.25) is 0 Å². The molecule has 0 aromatic carbocycles. The van der Waals surface area contributed by atoms with Gasteiger partial charge in [-0.25, -0.2) is 4.98 Å². The predicted octanol–water partition coefficient (Wildman–Crippen LogP) is 0.630. The zero-order valence-corrected chi connectivity index (χ0v) is 10.3. The van der Waals surface area contributed by atoms with Crippen molar-refractivity contribution in [1.82, 2.24) is 15.2 Å². The molecule has 5 heteroatoms. The molecule has 2 heterocycles. The Kier molecular flexibility index (Phi) is 2.91. The summed E-state index contributed by atoms with van der Waals surface area (Å²) >= 11 is 0. The Morgan fingerprint density at radius 3 is 2.89 bits per heavy atom. The highest BCUT2D eigenvalue weighted by atomic mass is 16.1. The highest BCUT2D eigenvalue weighted by molar-refractivity contribution is 5.94. The van der Waals surface area contributed by atoms with Crippen LogP contribution in [0.5, 0.6) is 0 Å². The fourth-order valence-corrected chi connectivity index (χ4v) is 2.48. The van der Waals surface area contributed by atoms with Crippen molar-refractivity contribution in [2.24, 2.45) is 0 Å². The maximum Gasteiger partial charge on any atom is 0.253 e. The Balaban J connectivity index is 1.56. The molecular formula is C13H18N4O. The highest BCUT2D eigenvalue weighted by Crippen LogP contribution is 2.29. The number of nitrogens with one attached hydrogen (secondary N) is 1. The van der Waals surface area contributed by atoms with Crippen molar-refractivity contribution < 1.29 is 4.79 Å². The summed E-state index contributed by atoms with van der Waals surface area (Å²) in [6.07, 6.45) is 5.22. The van der Waals surface area contributed by atoms with Gasteiger partial charge in [0, 0.05) is 31.4 Å². The molecule has 1 saturated carbocycles. The third kappa shape index (κ3) is 2.46. The van der Waals surface area contributed by atoms with E-state index in [-0.39, 0.29) is 11.9 Å². The normalized spacial score (nSPS) is 24.1. The number of likely N-dealkylation sites (tertiary alicyclic amines) is 1. The van der Waals surface area contributed by atoms with Gasteiger partial charge in [-0.1, -0.05) is 0 Å². The second kappa shape index (κ2) is 4.57. The molecule has 0 radical (unpaired) electrons. The summed E-state index contributed by atoms with van der Waals surface area (Å²) in [6.45, 7) is 2.09. The largest absolute Gasteiger partial charge is 0.384 e. The van der Waals surface area contributed by atoms with Crippen LogP contribution in [0.1, 0.15) is 29.6 Å². The molecule has 3 N–H and O–H groups in total. The third-order valence-corrected chi connectivity index (χ3v) is 3.67. The fraction of sp³-hybridized carbons (Fsp3) is 0.538. The van der Waals surface area contributed by atoms with E-state index in [0.717, 1.165) is 25.6 Å². The minimum Gasteiger partial charge on any atom is -0.384 e. The van der Waals surface area contributed by atoms with E-state index < -0.39 is 0 Å². The topological polar surface area (TPSA) is 71.2 Å². The maximum atomic E-state index is 12.0. The van der Waals surface area contributed by atoms with Gasteiger partial charge in [0.15, 0.2) is 0 Å². The molecule has 3 rings (SSSR count). The molecule has 1 amide bonds. The van der Waals surface area contributed by atoms with E-state index in [4.69, 9.17) is 5.73 Å². The summed E-state index contributed by atoms with van der Waals surface area (Å²) in [5, 5.41) is 3.07. The number of rotatable bonds is 3. The van der Waals surface area contributed by atoms with Gasteiger partial charge in [0.1, 0.15) is 5.82 Å². The van der Waals surface area contributed by atoms with Crippen molar-refractivity contribution in [3.05, 3.63) is 23.9 Å². The Labute approximate surface area is 106 Å². The molecule has 1 aliphatic heterocycles. The molecule has 96 valence electrons. The van der Waals surface area contributed by atoms with Gasteiger partial charge in [-0.2, -0.15) is 0 Å². The van der Waals surface area contributed by atoms with Crippen LogP contribution in [0.3, 0.4) is 0 Å². The minimum absolute atomic E-state index is 0.0508. The van der Waals surface area contributed by atoms with Crippen LogP contribution in [0.2, 0.25) is 0 Å². The molecule has 1 unspecified atom stereocenters. The van der Waals surface area contributed by atoms with Gasteiger partial charge in [0.25, 0.3) is 5.91 Å². The van der Waals surface area contributed by atoms with Crippen molar-refractivity contribution in [3.63, 3.8) is 0 Å². The first-order chi connectivity index (χ1) is 8.72. The second-order valence-corrected chi connectivity index (χ2v) is 5.16. The van der Waals surface area contributed by atoms with Crippen molar-refractivity contribution >= 4 is 11.7 Å². The molecule has 0 spiro atoms. The lowest BCUT2D eigenvalue weighted by Crippen LogP contribution is -2.37. The number of aromatic nitrogens is 1. The lowest BCUT2D eigenvalue weighted by molar-refractivity contribution is 0.0937. The number of amides is 1. The lowest BCUT2D eigenvalue weighted by Gasteiger charge is -2.15. The number of hydrogen-bond donors (Lipinski definition) is 2. The van der Waals surface area contributed by atoms with Gasteiger partial charge in [-0.15, -0.1) is 0 Å². The Morgan fingerprint density at radius 1 is 1.39 bits per heavy atom. The van der Waals surface area contributed by atoms with Gasteiger partial charge >= 0.3 is 0 Å². The van der Waals surface area contributed by atoms with Crippen molar-refractivity contribution in [1.29, 1.82) is 0 Å². The average Bonchev–Trinajstić information content (AvgIpc) is 3.11. The molecule has 1 atom stereocenters. The van der Waals surface area contributed by atoms with Gasteiger partial charge in [-0.05, 0) is 31.4 Å². The molecule has 1 saturated heterocycles. The number of hydrogen-bond acceptors (Lipinski definition) is 4. The Hall–Kier alpha value is -1.62. The van der Waals surface area contributed by atoms with E-state index in [1.165, 1.54) is 19.0 Å². The summed E-state index contributed by atoms with van der Waals surface area (Å²) in [5.41, 5.74) is 6.08. The van der Waals surface area contributed by atoms with E-state index in [9.17, 15) is 4.79 Å². The van der Waals surface area contributed by atoms with Crippen LogP contribution in [0.25, 0.3) is 0 Å². The monoisotopic (exact) mass is 246 g/mol. The van der Waals surface area contributed by atoms with E-state index >= 15 is 0 Å². The van der Waals surface area contributed by atoms with Crippen LogP contribution < -0.4 is 11.1 Å². The van der Waals surface area contributed by atoms with Crippen LogP contribution >= 0.6 is 0 Å². The molecule has 2 fully saturated rings. The number of carbonyl (C=O) groups is 1. The standard InChI is InChI=1S/C13H18N4O/c14-12-4-1-9(7-15-12)13(18)16-10-5-6-17(8-10)11-2-3-11/h1,4,7,10-11H,2-3,5-6,8H2,(H2,14,15)(H,16,18). The van der Waals surface area contributed by atoms with Crippen molar-refractivity contribution in [3.8, 4) is 0 Å².